The van der Waals surface area contributed by atoms with E-state index < -0.39 is 23.9 Å². The lowest BCUT2D eigenvalue weighted by molar-refractivity contribution is -0.274. The first-order valence-electron chi connectivity index (χ1n) is 5.90. The Balaban J connectivity index is 2.21. The first kappa shape index (κ1) is 15.0. The molecule has 2 N–H and O–H groups in total. The number of aryl methyl sites for hydroxylation is 1. The quantitative estimate of drug-likeness (QED) is 0.879. The summed E-state index contributed by atoms with van der Waals surface area (Å²) >= 11 is 0. The standard InChI is InChI=1S/C13H12F3N3O2/c1-19-7-9(6-18-19)11(17)12(20)8-3-2-4-10(5-8)21-13(14,15)16/h2-7,11H,17H2,1H3. The number of nitrogens with two attached hydrogens (primary N) is 1. The Labute approximate surface area is 118 Å². The zero-order chi connectivity index (χ0) is 15.6. The molecular formula is C13H12F3N3O2. The van der Waals surface area contributed by atoms with Crippen LogP contribution in [-0.4, -0.2) is 21.9 Å². The number of benzene rings is 1. The Kier molecular flexibility index (Phi) is 3.99. The van der Waals surface area contributed by atoms with Crippen molar-refractivity contribution in [3.63, 3.8) is 0 Å². The number of ketones is 1. The van der Waals surface area contributed by atoms with Gasteiger partial charge in [-0.3, -0.25) is 9.48 Å². The van der Waals surface area contributed by atoms with E-state index in [9.17, 15) is 18.0 Å². The van der Waals surface area contributed by atoms with Crippen LogP contribution in [0, 0.1) is 0 Å². The van der Waals surface area contributed by atoms with Gasteiger partial charge in [0.2, 0.25) is 0 Å². The first-order valence-corrected chi connectivity index (χ1v) is 5.90. The maximum atomic E-state index is 12.2. The minimum Gasteiger partial charge on any atom is -0.406 e. The van der Waals surface area contributed by atoms with Crippen molar-refractivity contribution in [1.82, 2.24) is 9.78 Å². The molecule has 0 aliphatic carbocycles. The molecular weight excluding hydrogens is 287 g/mol. The highest BCUT2D eigenvalue weighted by atomic mass is 19.4. The van der Waals surface area contributed by atoms with E-state index in [4.69, 9.17) is 5.73 Å². The van der Waals surface area contributed by atoms with Crippen LogP contribution in [0.5, 0.6) is 5.75 Å². The van der Waals surface area contributed by atoms with Crippen LogP contribution < -0.4 is 10.5 Å². The first-order chi connectivity index (χ1) is 9.76. The summed E-state index contributed by atoms with van der Waals surface area (Å²) in [5.74, 6) is -0.984. The molecule has 2 aromatic rings. The number of alkyl halides is 3. The molecule has 0 saturated carbocycles. The summed E-state index contributed by atoms with van der Waals surface area (Å²) in [5, 5.41) is 3.89. The lowest BCUT2D eigenvalue weighted by Crippen LogP contribution is -2.22. The molecule has 2 rings (SSSR count). The van der Waals surface area contributed by atoms with E-state index in [0.717, 1.165) is 12.1 Å². The minimum absolute atomic E-state index is 0.0353. The van der Waals surface area contributed by atoms with Gasteiger partial charge >= 0.3 is 6.36 Å². The van der Waals surface area contributed by atoms with Crippen molar-refractivity contribution in [1.29, 1.82) is 0 Å². The van der Waals surface area contributed by atoms with Crippen molar-refractivity contribution in [2.75, 3.05) is 0 Å². The molecule has 0 bridgehead atoms. The predicted molar refractivity (Wildman–Crippen MR) is 67.6 cm³/mol. The number of hydrogen-bond donors (Lipinski definition) is 1. The van der Waals surface area contributed by atoms with Gasteiger partial charge in [0, 0.05) is 24.4 Å². The predicted octanol–water partition coefficient (Wildman–Crippen LogP) is 2.20. The summed E-state index contributed by atoms with van der Waals surface area (Å²) in [6.07, 6.45) is -1.82. The lowest BCUT2D eigenvalue weighted by Gasteiger charge is -2.11. The molecule has 112 valence electrons. The van der Waals surface area contributed by atoms with E-state index in [-0.39, 0.29) is 5.56 Å². The third-order valence-electron chi connectivity index (χ3n) is 2.72. The molecule has 0 aliphatic heterocycles. The molecule has 0 fully saturated rings. The van der Waals surface area contributed by atoms with E-state index in [0.29, 0.717) is 5.56 Å². The maximum Gasteiger partial charge on any atom is 0.573 e. The molecule has 0 amide bonds. The van der Waals surface area contributed by atoms with Crippen LogP contribution in [-0.2, 0) is 7.05 Å². The highest BCUT2D eigenvalue weighted by Crippen LogP contribution is 2.25. The molecule has 5 nitrogen and oxygen atoms in total. The lowest BCUT2D eigenvalue weighted by atomic mass is 10.0. The van der Waals surface area contributed by atoms with Crippen molar-refractivity contribution in [3.05, 3.63) is 47.8 Å². The van der Waals surface area contributed by atoms with Crippen LogP contribution in [0.4, 0.5) is 13.2 Å². The zero-order valence-electron chi connectivity index (χ0n) is 11.0. The molecule has 0 radical (unpaired) electrons. The Morgan fingerprint density at radius 3 is 2.71 bits per heavy atom. The van der Waals surface area contributed by atoms with Gasteiger partial charge in [-0.15, -0.1) is 13.2 Å². The van der Waals surface area contributed by atoms with E-state index >= 15 is 0 Å². The zero-order valence-corrected chi connectivity index (χ0v) is 11.0. The SMILES string of the molecule is Cn1cc(C(N)C(=O)c2cccc(OC(F)(F)F)c2)cn1. The summed E-state index contributed by atoms with van der Waals surface area (Å²) in [5.41, 5.74) is 6.31. The molecule has 0 aliphatic rings. The number of hydrogen-bond acceptors (Lipinski definition) is 4. The number of ether oxygens (including phenoxy) is 1. The number of carbonyl (C=O) groups is 1. The molecule has 1 atom stereocenters. The van der Waals surface area contributed by atoms with Crippen LogP contribution in [0.2, 0.25) is 0 Å². The maximum absolute atomic E-state index is 12.2. The second-order valence-corrected chi connectivity index (χ2v) is 4.36. The van der Waals surface area contributed by atoms with Gasteiger partial charge in [-0.25, -0.2) is 0 Å². The van der Waals surface area contributed by atoms with Crippen molar-refractivity contribution < 1.29 is 22.7 Å². The largest absolute Gasteiger partial charge is 0.573 e. The number of carbonyl (C=O) groups excluding carboxylic acids is 1. The fraction of sp³-hybridized carbons (Fsp3) is 0.231. The second-order valence-electron chi connectivity index (χ2n) is 4.36. The van der Waals surface area contributed by atoms with E-state index in [2.05, 4.69) is 9.84 Å². The molecule has 0 spiro atoms. The fourth-order valence-electron chi connectivity index (χ4n) is 1.78. The minimum atomic E-state index is -4.81. The van der Waals surface area contributed by atoms with E-state index in [1.54, 1.807) is 13.2 Å². The van der Waals surface area contributed by atoms with Crippen molar-refractivity contribution in [2.24, 2.45) is 12.8 Å². The molecule has 21 heavy (non-hydrogen) atoms. The third-order valence-corrected chi connectivity index (χ3v) is 2.72. The number of Topliss-reactive ketones (excluding diaryl/α,β-unsaturated/α-hetero) is 1. The van der Waals surface area contributed by atoms with Gasteiger partial charge in [-0.2, -0.15) is 5.10 Å². The molecule has 8 heteroatoms. The number of aromatic nitrogens is 2. The number of rotatable bonds is 4. The van der Waals surface area contributed by atoms with Gasteiger partial charge in [0.25, 0.3) is 0 Å². The summed E-state index contributed by atoms with van der Waals surface area (Å²) in [4.78, 5) is 12.2. The van der Waals surface area contributed by atoms with Gasteiger partial charge in [0.05, 0.1) is 12.2 Å². The number of halogens is 3. The Hall–Kier alpha value is -2.35. The summed E-state index contributed by atoms with van der Waals surface area (Å²) < 4.78 is 41.7. The second kappa shape index (κ2) is 5.57. The number of nitrogens with zero attached hydrogens (tertiary/aromatic N) is 2. The monoisotopic (exact) mass is 299 g/mol. The van der Waals surface area contributed by atoms with Crippen LogP contribution in [0.3, 0.4) is 0 Å². The van der Waals surface area contributed by atoms with Crippen molar-refractivity contribution in [2.45, 2.75) is 12.4 Å². The highest BCUT2D eigenvalue weighted by molar-refractivity contribution is 6.00. The van der Waals surface area contributed by atoms with Crippen LogP contribution >= 0.6 is 0 Å². The van der Waals surface area contributed by atoms with Gasteiger partial charge in [-0.1, -0.05) is 12.1 Å². The van der Waals surface area contributed by atoms with Crippen LogP contribution in [0.25, 0.3) is 0 Å². The van der Waals surface area contributed by atoms with E-state index in [1.165, 1.54) is 23.0 Å². The Bertz CT molecular complexity index is 652. The summed E-state index contributed by atoms with van der Waals surface area (Å²) in [6.45, 7) is 0. The molecule has 1 heterocycles. The van der Waals surface area contributed by atoms with E-state index in [1.807, 2.05) is 0 Å². The molecule has 1 aromatic heterocycles. The molecule has 1 unspecified atom stereocenters. The van der Waals surface area contributed by atoms with Crippen LogP contribution in [0.1, 0.15) is 22.0 Å². The van der Waals surface area contributed by atoms with Gasteiger partial charge in [0.1, 0.15) is 5.75 Å². The summed E-state index contributed by atoms with van der Waals surface area (Å²) in [7, 11) is 1.67. The fourth-order valence-corrected chi connectivity index (χ4v) is 1.78. The Morgan fingerprint density at radius 1 is 1.43 bits per heavy atom. The van der Waals surface area contributed by atoms with Crippen LogP contribution in [0.15, 0.2) is 36.7 Å². The van der Waals surface area contributed by atoms with Gasteiger partial charge in [-0.05, 0) is 12.1 Å². The third kappa shape index (κ3) is 3.82. The average molecular weight is 299 g/mol. The van der Waals surface area contributed by atoms with Crippen molar-refractivity contribution >= 4 is 5.78 Å². The average Bonchev–Trinajstić information content (AvgIpc) is 2.82. The molecule has 1 aromatic carbocycles. The molecule has 0 saturated heterocycles. The topological polar surface area (TPSA) is 70.1 Å². The summed E-state index contributed by atoms with van der Waals surface area (Å²) in [6, 6.07) is 3.79. The van der Waals surface area contributed by atoms with Crippen molar-refractivity contribution in [3.8, 4) is 5.75 Å². The Morgan fingerprint density at radius 2 is 2.14 bits per heavy atom. The normalized spacial score (nSPS) is 13.0. The van der Waals surface area contributed by atoms with Gasteiger partial charge in [0.15, 0.2) is 5.78 Å². The van der Waals surface area contributed by atoms with Gasteiger partial charge < -0.3 is 10.5 Å². The smallest absolute Gasteiger partial charge is 0.406 e. The highest BCUT2D eigenvalue weighted by Gasteiger charge is 2.31.